The molecule has 0 radical (unpaired) electrons. The Kier molecular flexibility index (Phi) is 5.44. The van der Waals surface area contributed by atoms with Crippen LogP contribution in [0.4, 0.5) is 5.69 Å². The molecule has 0 fully saturated rings. The molecule has 2 heterocycles. The quantitative estimate of drug-likeness (QED) is 0.255. The van der Waals surface area contributed by atoms with E-state index in [9.17, 15) is 10.1 Å². The van der Waals surface area contributed by atoms with E-state index in [2.05, 4.69) is 10.2 Å². The van der Waals surface area contributed by atoms with Crippen molar-refractivity contribution < 1.29 is 14.1 Å². The molecule has 3 rings (SSSR count). The van der Waals surface area contributed by atoms with Gasteiger partial charge in [-0.1, -0.05) is 17.8 Å². The first-order chi connectivity index (χ1) is 11.7. The summed E-state index contributed by atoms with van der Waals surface area (Å²) in [6, 6.07) is 9.91. The van der Waals surface area contributed by atoms with E-state index in [0.29, 0.717) is 23.5 Å². The van der Waals surface area contributed by atoms with Crippen LogP contribution >= 0.6 is 23.1 Å². The topological polar surface area (TPSA) is 91.3 Å². The van der Waals surface area contributed by atoms with E-state index in [1.165, 1.54) is 23.9 Å². The zero-order valence-electron chi connectivity index (χ0n) is 12.5. The molecule has 0 amide bonds. The van der Waals surface area contributed by atoms with E-state index < -0.39 is 4.92 Å². The maximum Gasteiger partial charge on any atom is 0.276 e. The second-order valence-electron chi connectivity index (χ2n) is 4.65. The molecule has 0 spiro atoms. The lowest BCUT2D eigenvalue weighted by Crippen LogP contribution is -1.98. The molecule has 0 aliphatic rings. The second-order valence-corrected chi connectivity index (χ2v) is 6.65. The molecular formula is C15H13N3O4S2. The van der Waals surface area contributed by atoms with Crippen LogP contribution in [0.15, 0.2) is 51.4 Å². The summed E-state index contributed by atoms with van der Waals surface area (Å²) in [4.78, 5) is 11.1. The van der Waals surface area contributed by atoms with Gasteiger partial charge in [0.15, 0.2) is 0 Å². The third-order valence-electron chi connectivity index (χ3n) is 2.97. The first kappa shape index (κ1) is 16.5. The molecule has 0 N–H and O–H groups in total. The fourth-order valence-electron chi connectivity index (χ4n) is 1.84. The predicted molar refractivity (Wildman–Crippen MR) is 91.5 cm³/mol. The Bertz CT molecular complexity index is 787. The summed E-state index contributed by atoms with van der Waals surface area (Å²) in [5.41, 5.74) is 0.0517. The number of thioether (sulfide) groups is 1. The Morgan fingerprint density at radius 2 is 2.08 bits per heavy atom. The van der Waals surface area contributed by atoms with Crippen LogP contribution in [0.3, 0.4) is 0 Å². The Morgan fingerprint density at radius 3 is 2.79 bits per heavy atom. The Morgan fingerprint density at radius 1 is 1.25 bits per heavy atom. The third-order valence-corrected chi connectivity index (χ3v) is 4.73. The Labute approximate surface area is 145 Å². The van der Waals surface area contributed by atoms with Crippen LogP contribution in [-0.4, -0.2) is 27.5 Å². The number of aromatic nitrogens is 2. The van der Waals surface area contributed by atoms with Gasteiger partial charge >= 0.3 is 0 Å². The molecule has 2 aromatic heterocycles. The Balaban J connectivity index is 1.39. The van der Waals surface area contributed by atoms with Gasteiger partial charge in [-0.25, -0.2) is 0 Å². The molecule has 0 saturated heterocycles. The van der Waals surface area contributed by atoms with Gasteiger partial charge in [-0.3, -0.25) is 10.1 Å². The smallest absolute Gasteiger partial charge is 0.276 e. The molecule has 0 aliphatic carbocycles. The van der Waals surface area contributed by atoms with Gasteiger partial charge in [-0.2, -0.15) is 0 Å². The summed E-state index contributed by atoms with van der Waals surface area (Å²) in [5.74, 6) is 1.93. The van der Waals surface area contributed by atoms with Crippen LogP contribution in [0.25, 0.3) is 10.8 Å². The van der Waals surface area contributed by atoms with Gasteiger partial charge in [0.2, 0.25) is 0 Å². The summed E-state index contributed by atoms with van der Waals surface area (Å²) in [5, 5.41) is 21.1. The monoisotopic (exact) mass is 363 g/mol. The average molecular weight is 363 g/mol. The maximum absolute atomic E-state index is 10.6. The van der Waals surface area contributed by atoms with Crippen molar-refractivity contribution in [2.45, 2.75) is 11.6 Å². The minimum atomic E-state index is -0.435. The molecule has 0 atom stereocenters. The first-order valence-electron chi connectivity index (χ1n) is 7.10. The van der Waals surface area contributed by atoms with Gasteiger partial charge in [-0.05, 0) is 30.0 Å². The largest absolute Gasteiger partial charge is 0.494 e. The average Bonchev–Trinajstić information content (AvgIpc) is 3.26. The number of ether oxygens (including phenoxy) is 1. The zero-order valence-corrected chi connectivity index (χ0v) is 14.1. The maximum atomic E-state index is 10.6. The van der Waals surface area contributed by atoms with Crippen LogP contribution in [0, 0.1) is 10.1 Å². The highest BCUT2D eigenvalue weighted by Crippen LogP contribution is 2.26. The number of benzene rings is 1. The van der Waals surface area contributed by atoms with Crippen LogP contribution < -0.4 is 4.74 Å². The first-order valence-corrected chi connectivity index (χ1v) is 8.96. The lowest BCUT2D eigenvalue weighted by Gasteiger charge is -2.04. The predicted octanol–water partition coefficient (Wildman–Crippen LogP) is 4.27. The normalized spacial score (nSPS) is 10.7. The fraction of sp³-hybridized carbons (Fsp3) is 0.200. The van der Waals surface area contributed by atoms with Gasteiger partial charge in [0, 0.05) is 17.9 Å². The molecule has 0 unspecified atom stereocenters. The highest BCUT2D eigenvalue weighted by Gasteiger charge is 2.09. The SMILES string of the molecule is O=[N+]([O-])c1ccc(OCCCSc2nnc(-c3cccs3)o2)cc1. The number of non-ortho nitro benzene ring substituents is 1. The van der Waals surface area contributed by atoms with Crippen LogP contribution in [-0.2, 0) is 0 Å². The molecular weight excluding hydrogens is 350 g/mol. The van der Waals surface area contributed by atoms with E-state index >= 15 is 0 Å². The number of thiophene rings is 1. The van der Waals surface area contributed by atoms with Crippen LogP contribution in [0.5, 0.6) is 5.75 Å². The van der Waals surface area contributed by atoms with Crippen molar-refractivity contribution in [1.29, 1.82) is 0 Å². The van der Waals surface area contributed by atoms with Gasteiger partial charge in [0.1, 0.15) is 5.75 Å². The van der Waals surface area contributed by atoms with Crippen LogP contribution in [0.1, 0.15) is 6.42 Å². The van der Waals surface area contributed by atoms with E-state index in [-0.39, 0.29) is 5.69 Å². The highest BCUT2D eigenvalue weighted by atomic mass is 32.2. The fourth-order valence-corrected chi connectivity index (χ4v) is 3.16. The van der Waals surface area contributed by atoms with Gasteiger partial charge in [-0.15, -0.1) is 21.5 Å². The number of hydrogen-bond acceptors (Lipinski definition) is 8. The zero-order chi connectivity index (χ0) is 16.8. The number of nitrogens with zero attached hydrogens (tertiary/aromatic N) is 3. The lowest BCUT2D eigenvalue weighted by molar-refractivity contribution is -0.384. The van der Waals surface area contributed by atoms with Crippen molar-refractivity contribution in [3.63, 3.8) is 0 Å². The minimum Gasteiger partial charge on any atom is -0.494 e. The van der Waals surface area contributed by atoms with E-state index in [1.807, 2.05) is 17.5 Å². The van der Waals surface area contributed by atoms with E-state index in [1.54, 1.807) is 23.5 Å². The van der Waals surface area contributed by atoms with Crippen molar-refractivity contribution in [2.24, 2.45) is 0 Å². The number of rotatable bonds is 8. The second kappa shape index (κ2) is 7.93. The molecule has 0 aliphatic heterocycles. The number of nitro groups is 1. The number of nitro benzene ring substituents is 1. The standard InChI is InChI=1S/C15H13N3O4S2/c19-18(20)11-4-6-12(7-5-11)21-8-2-10-24-15-17-16-14(22-15)13-3-1-9-23-13/h1,3-7,9H,2,8,10H2. The minimum absolute atomic E-state index is 0.0517. The summed E-state index contributed by atoms with van der Waals surface area (Å²) >= 11 is 3.03. The number of hydrogen-bond donors (Lipinski definition) is 0. The van der Waals surface area contributed by atoms with E-state index in [0.717, 1.165) is 17.1 Å². The molecule has 24 heavy (non-hydrogen) atoms. The summed E-state index contributed by atoms with van der Waals surface area (Å²) < 4.78 is 11.1. The summed E-state index contributed by atoms with van der Waals surface area (Å²) in [6.07, 6.45) is 0.790. The van der Waals surface area contributed by atoms with Crippen molar-refractivity contribution in [3.8, 4) is 16.5 Å². The van der Waals surface area contributed by atoms with Crippen molar-refractivity contribution in [2.75, 3.05) is 12.4 Å². The van der Waals surface area contributed by atoms with Crippen molar-refractivity contribution >= 4 is 28.8 Å². The van der Waals surface area contributed by atoms with E-state index in [4.69, 9.17) is 9.15 Å². The van der Waals surface area contributed by atoms with Crippen LogP contribution in [0.2, 0.25) is 0 Å². The van der Waals surface area contributed by atoms with Gasteiger partial charge in [0.25, 0.3) is 16.8 Å². The van der Waals surface area contributed by atoms with Crippen molar-refractivity contribution in [1.82, 2.24) is 10.2 Å². The highest BCUT2D eigenvalue weighted by molar-refractivity contribution is 7.99. The molecule has 1 aromatic carbocycles. The van der Waals surface area contributed by atoms with Crippen molar-refractivity contribution in [3.05, 3.63) is 51.9 Å². The molecule has 9 heteroatoms. The molecule has 0 bridgehead atoms. The lowest BCUT2D eigenvalue weighted by atomic mass is 10.3. The molecule has 3 aromatic rings. The van der Waals surface area contributed by atoms with Gasteiger partial charge in [0.05, 0.1) is 16.4 Å². The third kappa shape index (κ3) is 4.33. The summed E-state index contributed by atoms with van der Waals surface area (Å²) in [7, 11) is 0. The summed E-state index contributed by atoms with van der Waals surface area (Å²) in [6.45, 7) is 0.511. The molecule has 124 valence electrons. The molecule has 7 nitrogen and oxygen atoms in total. The Hall–Kier alpha value is -2.39. The van der Waals surface area contributed by atoms with Gasteiger partial charge < -0.3 is 9.15 Å². The molecule has 0 saturated carbocycles.